The zero-order valence-electron chi connectivity index (χ0n) is 16.2. The summed E-state index contributed by atoms with van der Waals surface area (Å²) < 4.78 is 0. The van der Waals surface area contributed by atoms with Gasteiger partial charge >= 0.3 is 0 Å². The summed E-state index contributed by atoms with van der Waals surface area (Å²) in [5.74, 6) is 1.10. The molecule has 0 bridgehead atoms. The molecule has 1 aliphatic carbocycles. The molecule has 29 heavy (non-hydrogen) atoms. The fraction of sp³-hybridized carbons (Fsp3) is 0.261. The minimum Gasteiger partial charge on any atom is -0.383 e. The van der Waals surface area contributed by atoms with Crippen molar-refractivity contribution in [2.45, 2.75) is 38.1 Å². The van der Waals surface area contributed by atoms with Gasteiger partial charge in [0.25, 0.3) is 0 Å². The highest BCUT2D eigenvalue weighted by Gasteiger charge is 2.25. The zero-order chi connectivity index (χ0) is 19.6. The topological polar surface area (TPSA) is 92.5 Å². The Morgan fingerprint density at radius 1 is 1.07 bits per heavy atom. The molecule has 0 radical (unpaired) electrons. The lowest BCUT2D eigenvalue weighted by molar-refractivity contribution is 0.724. The Labute approximate surface area is 169 Å². The molecular weight excluding hydrogens is 360 g/mol. The number of anilines is 2. The number of benzene rings is 1. The Bertz CT molecular complexity index is 1120. The highest BCUT2D eigenvalue weighted by molar-refractivity contribution is 5.97. The van der Waals surface area contributed by atoms with E-state index in [1.165, 1.54) is 31.2 Å². The van der Waals surface area contributed by atoms with Crippen LogP contribution in [0, 0.1) is 0 Å². The standard InChI is InChI=1S/C23H24N6/c24-23-21(15-5-1-2-6-15)22(26-14-17-7-3-4-11-25-17)18-9-8-16(13-20(18)28-23)19-10-12-27-29-19/h3-4,7-13,15H,1-2,5-6,14H2,(H,27,29)(H3,24,26,28). The van der Waals surface area contributed by atoms with Gasteiger partial charge in [0.05, 0.1) is 29.1 Å². The second-order valence-electron chi connectivity index (χ2n) is 7.64. The predicted octanol–water partition coefficient (Wildman–Crippen LogP) is 4.87. The maximum Gasteiger partial charge on any atom is 0.129 e. The Morgan fingerprint density at radius 3 is 2.72 bits per heavy atom. The number of fused-ring (bicyclic) bond motifs is 1. The lowest BCUT2D eigenvalue weighted by Gasteiger charge is -2.21. The van der Waals surface area contributed by atoms with Crippen molar-refractivity contribution in [2.24, 2.45) is 0 Å². The van der Waals surface area contributed by atoms with Crippen LogP contribution in [-0.2, 0) is 6.54 Å². The first kappa shape index (κ1) is 17.7. The average molecular weight is 384 g/mol. The third kappa shape index (κ3) is 3.42. The number of nitrogens with one attached hydrogen (secondary N) is 2. The van der Waals surface area contributed by atoms with Crippen molar-refractivity contribution in [3.63, 3.8) is 0 Å². The van der Waals surface area contributed by atoms with Crippen LogP contribution >= 0.6 is 0 Å². The number of H-pyrrole nitrogens is 1. The van der Waals surface area contributed by atoms with Crippen molar-refractivity contribution < 1.29 is 0 Å². The summed E-state index contributed by atoms with van der Waals surface area (Å²) >= 11 is 0. The van der Waals surface area contributed by atoms with E-state index in [-0.39, 0.29) is 0 Å². The Morgan fingerprint density at radius 2 is 1.97 bits per heavy atom. The molecule has 4 aromatic rings. The first-order valence-electron chi connectivity index (χ1n) is 10.2. The SMILES string of the molecule is Nc1nc2cc(-c3ccn[nH]3)ccc2c(NCc2ccccn2)c1C1CCCC1. The minimum absolute atomic E-state index is 0.463. The lowest BCUT2D eigenvalue weighted by atomic mass is 9.93. The molecule has 1 aromatic carbocycles. The third-order valence-corrected chi connectivity index (χ3v) is 5.80. The number of aromatic amines is 1. The normalized spacial score (nSPS) is 14.5. The van der Waals surface area contributed by atoms with Gasteiger partial charge in [-0.25, -0.2) is 4.98 Å². The van der Waals surface area contributed by atoms with Crippen LogP contribution in [0.3, 0.4) is 0 Å². The van der Waals surface area contributed by atoms with Gasteiger partial charge in [-0.05, 0) is 43.0 Å². The van der Waals surface area contributed by atoms with Gasteiger partial charge in [-0.2, -0.15) is 5.10 Å². The second kappa shape index (κ2) is 7.54. The quantitative estimate of drug-likeness (QED) is 0.456. The number of hydrogen-bond donors (Lipinski definition) is 3. The number of nitrogens with two attached hydrogens (primary N) is 1. The third-order valence-electron chi connectivity index (χ3n) is 5.80. The Kier molecular flexibility index (Phi) is 4.60. The van der Waals surface area contributed by atoms with Crippen molar-refractivity contribution in [1.82, 2.24) is 20.2 Å². The maximum atomic E-state index is 6.52. The summed E-state index contributed by atoms with van der Waals surface area (Å²) in [7, 11) is 0. The van der Waals surface area contributed by atoms with Gasteiger partial charge in [-0.3, -0.25) is 10.1 Å². The molecule has 0 amide bonds. The molecule has 6 nitrogen and oxygen atoms in total. The van der Waals surface area contributed by atoms with Gasteiger partial charge in [-0.15, -0.1) is 0 Å². The largest absolute Gasteiger partial charge is 0.383 e. The van der Waals surface area contributed by atoms with E-state index in [0.29, 0.717) is 18.3 Å². The van der Waals surface area contributed by atoms with Crippen LogP contribution in [-0.4, -0.2) is 20.2 Å². The van der Waals surface area contributed by atoms with Crippen molar-refractivity contribution in [1.29, 1.82) is 0 Å². The van der Waals surface area contributed by atoms with Crippen molar-refractivity contribution in [3.8, 4) is 11.3 Å². The van der Waals surface area contributed by atoms with Crippen molar-refractivity contribution >= 4 is 22.4 Å². The smallest absolute Gasteiger partial charge is 0.129 e. The molecule has 1 saturated carbocycles. The van der Waals surface area contributed by atoms with E-state index in [2.05, 4.69) is 38.7 Å². The molecule has 0 atom stereocenters. The molecule has 1 fully saturated rings. The fourth-order valence-corrected chi connectivity index (χ4v) is 4.38. The van der Waals surface area contributed by atoms with Crippen molar-refractivity contribution in [2.75, 3.05) is 11.1 Å². The van der Waals surface area contributed by atoms with Crippen LogP contribution in [0.4, 0.5) is 11.5 Å². The number of hydrogen-bond acceptors (Lipinski definition) is 5. The van der Waals surface area contributed by atoms with Gasteiger partial charge in [-0.1, -0.05) is 31.0 Å². The first-order valence-corrected chi connectivity index (χ1v) is 10.2. The van der Waals surface area contributed by atoms with Gasteiger partial charge in [0.2, 0.25) is 0 Å². The fourth-order valence-electron chi connectivity index (χ4n) is 4.38. The molecular formula is C23H24N6. The number of aromatic nitrogens is 4. The number of nitrogens with zero attached hydrogens (tertiary/aromatic N) is 3. The van der Waals surface area contributed by atoms with Crippen LogP contribution in [0.5, 0.6) is 0 Å². The molecule has 4 N–H and O–H groups in total. The molecule has 146 valence electrons. The van der Waals surface area contributed by atoms with Crippen LogP contribution in [0.15, 0.2) is 54.9 Å². The van der Waals surface area contributed by atoms with Crippen LogP contribution in [0.2, 0.25) is 0 Å². The predicted molar refractivity (Wildman–Crippen MR) is 117 cm³/mol. The summed E-state index contributed by atoms with van der Waals surface area (Å²) in [6.07, 6.45) is 8.42. The maximum absolute atomic E-state index is 6.52. The molecule has 6 heteroatoms. The van der Waals surface area contributed by atoms with E-state index in [4.69, 9.17) is 10.7 Å². The Balaban J connectivity index is 1.61. The second-order valence-corrected chi connectivity index (χ2v) is 7.64. The van der Waals surface area contributed by atoms with E-state index >= 15 is 0 Å². The summed E-state index contributed by atoms with van der Waals surface area (Å²) in [6.45, 7) is 0.654. The number of rotatable bonds is 5. The van der Waals surface area contributed by atoms with Crippen LogP contribution in [0.25, 0.3) is 22.2 Å². The van der Waals surface area contributed by atoms with E-state index in [1.807, 2.05) is 30.5 Å². The molecule has 5 rings (SSSR count). The summed E-state index contributed by atoms with van der Waals surface area (Å²) in [6, 6.07) is 14.3. The molecule has 3 heterocycles. The van der Waals surface area contributed by atoms with E-state index < -0.39 is 0 Å². The zero-order valence-corrected chi connectivity index (χ0v) is 16.2. The molecule has 0 saturated heterocycles. The van der Waals surface area contributed by atoms with Gasteiger partial charge in [0, 0.05) is 28.9 Å². The molecule has 0 unspecified atom stereocenters. The average Bonchev–Trinajstić information content (AvgIpc) is 3.46. The number of pyridine rings is 2. The minimum atomic E-state index is 0.463. The summed E-state index contributed by atoms with van der Waals surface area (Å²) in [4.78, 5) is 9.25. The van der Waals surface area contributed by atoms with E-state index in [1.54, 1.807) is 6.20 Å². The summed E-state index contributed by atoms with van der Waals surface area (Å²) in [5, 5.41) is 11.8. The highest BCUT2D eigenvalue weighted by Crippen LogP contribution is 2.43. The Hall–Kier alpha value is -3.41. The van der Waals surface area contributed by atoms with Gasteiger partial charge in [0.15, 0.2) is 0 Å². The molecule has 0 spiro atoms. The van der Waals surface area contributed by atoms with Crippen molar-refractivity contribution in [3.05, 3.63) is 66.1 Å². The number of nitrogen functional groups attached to an aromatic ring is 1. The monoisotopic (exact) mass is 384 g/mol. The van der Waals surface area contributed by atoms with Gasteiger partial charge in [0.1, 0.15) is 5.82 Å². The first-order chi connectivity index (χ1) is 14.3. The van der Waals surface area contributed by atoms with E-state index in [0.717, 1.165) is 33.5 Å². The molecule has 3 aromatic heterocycles. The molecule has 1 aliphatic rings. The highest BCUT2D eigenvalue weighted by atomic mass is 15.1. The van der Waals surface area contributed by atoms with Gasteiger partial charge < -0.3 is 11.1 Å². The summed E-state index contributed by atoms with van der Waals surface area (Å²) in [5.41, 5.74) is 12.7. The van der Waals surface area contributed by atoms with Crippen LogP contribution < -0.4 is 11.1 Å². The molecule has 0 aliphatic heterocycles. The van der Waals surface area contributed by atoms with E-state index in [9.17, 15) is 0 Å². The van der Waals surface area contributed by atoms with Crippen LogP contribution in [0.1, 0.15) is 42.9 Å². The lowest BCUT2D eigenvalue weighted by Crippen LogP contribution is -2.10.